The Morgan fingerprint density at radius 1 is 1.71 bits per heavy atom. The van der Waals surface area contributed by atoms with Crippen molar-refractivity contribution in [2.75, 3.05) is 6.61 Å². The molecule has 1 rings (SSSR count). The first-order valence-electron chi connectivity index (χ1n) is 4.21. The number of rotatable bonds is 3. The Bertz CT molecular complexity index is 328. The van der Waals surface area contributed by atoms with Crippen molar-refractivity contribution in [3.8, 4) is 5.75 Å². The molecule has 0 spiro atoms. The Labute approximate surface area is 81.4 Å². The van der Waals surface area contributed by atoms with Gasteiger partial charge in [0, 0.05) is 12.2 Å². The fourth-order valence-electron chi connectivity index (χ4n) is 0.910. The Balaban J connectivity index is 2.75. The fourth-order valence-corrected chi connectivity index (χ4v) is 0.910. The lowest BCUT2D eigenvalue weighted by Gasteiger charge is -2.10. The molecular weight excluding hydrogens is 184 g/mol. The normalized spacial score (nSPS) is 12.1. The van der Waals surface area contributed by atoms with E-state index in [2.05, 4.69) is 10.3 Å². The van der Waals surface area contributed by atoms with Gasteiger partial charge in [0.2, 0.25) is 0 Å². The Kier molecular flexibility index (Phi) is 3.41. The summed E-state index contributed by atoms with van der Waals surface area (Å²) in [5, 5.41) is 20.5. The van der Waals surface area contributed by atoms with Crippen LogP contribution in [0.4, 0.5) is 0 Å². The van der Waals surface area contributed by atoms with Gasteiger partial charge in [0.05, 0.1) is 6.61 Å². The maximum atomic E-state index is 11.4. The van der Waals surface area contributed by atoms with E-state index >= 15 is 0 Å². The van der Waals surface area contributed by atoms with E-state index in [1.54, 1.807) is 6.92 Å². The minimum absolute atomic E-state index is 0.0344. The van der Waals surface area contributed by atoms with E-state index < -0.39 is 5.91 Å². The predicted octanol–water partition coefficient (Wildman–Crippen LogP) is -0.102. The second kappa shape index (κ2) is 4.57. The van der Waals surface area contributed by atoms with Crippen LogP contribution in [0, 0.1) is 0 Å². The number of aliphatic hydroxyl groups excluding tert-OH is 1. The SMILES string of the molecule is C[C@H](CO)NC(=O)c1ncccc1O. The molecule has 1 heterocycles. The number of nitrogens with zero attached hydrogens (tertiary/aromatic N) is 1. The zero-order chi connectivity index (χ0) is 10.6. The summed E-state index contributed by atoms with van der Waals surface area (Å²) in [4.78, 5) is 15.1. The van der Waals surface area contributed by atoms with Gasteiger partial charge in [0.25, 0.3) is 5.91 Å². The summed E-state index contributed by atoms with van der Waals surface area (Å²) in [6, 6.07) is 2.55. The average Bonchev–Trinajstić information content (AvgIpc) is 2.18. The van der Waals surface area contributed by atoms with E-state index in [9.17, 15) is 9.90 Å². The Morgan fingerprint density at radius 2 is 2.43 bits per heavy atom. The third kappa shape index (κ3) is 2.43. The van der Waals surface area contributed by atoms with Gasteiger partial charge >= 0.3 is 0 Å². The van der Waals surface area contributed by atoms with Crippen LogP contribution < -0.4 is 5.32 Å². The first-order valence-corrected chi connectivity index (χ1v) is 4.21. The summed E-state index contributed by atoms with van der Waals surface area (Å²) in [6.07, 6.45) is 1.41. The van der Waals surface area contributed by atoms with E-state index in [4.69, 9.17) is 5.11 Å². The summed E-state index contributed by atoms with van der Waals surface area (Å²) in [7, 11) is 0. The molecule has 0 unspecified atom stereocenters. The molecule has 1 aromatic rings. The highest BCUT2D eigenvalue weighted by Gasteiger charge is 2.13. The number of hydrogen-bond acceptors (Lipinski definition) is 4. The third-order valence-electron chi connectivity index (χ3n) is 1.65. The van der Waals surface area contributed by atoms with Gasteiger partial charge in [-0.2, -0.15) is 0 Å². The molecule has 3 N–H and O–H groups in total. The topological polar surface area (TPSA) is 82.5 Å². The highest BCUT2D eigenvalue weighted by atomic mass is 16.3. The molecule has 0 aliphatic carbocycles. The highest BCUT2D eigenvalue weighted by Crippen LogP contribution is 2.11. The molecule has 5 heteroatoms. The lowest BCUT2D eigenvalue weighted by atomic mass is 10.3. The summed E-state index contributed by atoms with van der Waals surface area (Å²) < 4.78 is 0. The number of aliphatic hydroxyl groups is 1. The molecule has 76 valence electrons. The molecule has 1 amide bonds. The standard InChI is InChI=1S/C9H12N2O3/c1-6(5-12)11-9(14)8-7(13)3-2-4-10-8/h2-4,6,12-13H,5H2,1H3,(H,11,14)/t6-/m1/s1. The zero-order valence-corrected chi connectivity index (χ0v) is 7.77. The average molecular weight is 196 g/mol. The van der Waals surface area contributed by atoms with Crippen LogP contribution in [0.3, 0.4) is 0 Å². The van der Waals surface area contributed by atoms with E-state index in [0.717, 1.165) is 0 Å². The van der Waals surface area contributed by atoms with E-state index in [0.29, 0.717) is 0 Å². The fraction of sp³-hybridized carbons (Fsp3) is 0.333. The quantitative estimate of drug-likeness (QED) is 0.630. The number of carbonyl (C=O) groups is 1. The number of aromatic hydroxyl groups is 1. The first kappa shape index (κ1) is 10.5. The lowest BCUT2D eigenvalue weighted by molar-refractivity contribution is 0.0914. The van der Waals surface area contributed by atoms with Crippen molar-refractivity contribution < 1.29 is 15.0 Å². The highest BCUT2D eigenvalue weighted by molar-refractivity contribution is 5.94. The van der Waals surface area contributed by atoms with Gasteiger partial charge in [0.15, 0.2) is 5.69 Å². The summed E-state index contributed by atoms with van der Waals surface area (Å²) >= 11 is 0. The van der Waals surface area contributed by atoms with Crippen molar-refractivity contribution in [3.05, 3.63) is 24.0 Å². The molecule has 0 fully saturated rings. The maximum Gasteiger partial charge on any atom is 0.274 e. The second-order valence-electron chi connectivity index (χ2n) is 2.93. The molecule has 0 aromatic carbocycles. The largest absolute Gasteiger partial charge is 0.505 e. The monoisotopic (exact) mass is 196 g/mol. The van der Waals surface area contributed by atoms with Crippen molar-refractivity contribution in [1.29, 1.82) is 0 Å². The summed E-state index contributed by atoms with van der Waals surface area (Å²) in [6.45, 7) is 1.50. The number of aromatic nitrogens is 1. The molecule has 5 nitrogen and oxygen atoms in total. The van der Waals surface area contributed by atoms with Crippen LogP contribution in [0.15, 0.2) is 18.3 Å². The maximum absolute atomic E-state index is 11.4. The van der Waals surface area contributed by atoms with E-state index in [1.165, 1.54) is 18.3 Å². The third-order valence-corrected chi connectivity index (χ3v) is 1.65. The van der Waals surface area contributed by atoms with Crippen LogP contribution in [-0.4, -0.2) is 33.8 Å². The summed E-state index contributed by atoms with van der Waals surface area (Å²) in [5.41, 5.74) is -0.0344. The van der Waals surface area contributed by atoms with Crippen LogP contribution in [-0.2, 0) is 0 Å². The minimum atomic E-state index is -0.496. The van der Waals surface area contributed by atoms with Crippen molar-refractivity contribution in [2.24, 2.45) is 0 Å². The van der Waals surface area contributed by atoms with Crippen LogP contribution in [0.5, 0.6) is 5.75 Å². The van der Waals surface area contributed by atoms with Crippen molar-refractivity contribution in [1.82, 2.24) is 10.3 Å². The Morgan fingerprint density at radius 3 is 3.00 bits per heavy atom. The first-order chi connectivity index (χ1) is 6.65. The Hall–Kier alpha value is -1.62. The number of amides is 1. The zero-order valence-electron chi connectivity index (χ0n) is 7.77. The molecule has 1 aromatic heterocycles. The van der Waals surface area contributed by atoms with E-state index in [-0.39, 0.29) is 24.1 Å². The van der Waals surface area contributed by atoms with Crippen molar-refractivity contribution in [3.63, 3.8) is 0 Å². The molecule has 0 aliphatic rings. The van der Waals surface area contributed by atoms with Gasteiger partial charge in [-0.3, -0.25) is 4.79 Å². The van der Waals surface area contributed by atoms with Crippen molar-refractivity contribution >= 4 is 5.91 Å². The smallest absolute Gasteiger partial charge is 0.274 e. The molecule has 0 aliphatic heterocycles. The molecule has 0 saturated carbocycles. The number of hydrogen-bond donors (Lipinski definition) is 3. The van der Waals surface area contributed by atoms with Crippen LogP contribution in [0.25, 0.3) is 0 Å². The van der Waals surface area contributed by atoms with Crippen LogP contribution in [0.1, 0.15) is 17.4 Å². The molecule has 0 radical (unpaired) electrons. The molecule has 0 saturated heterocycles. The van der Waals surface area contributed by atoms with Gasteiger partial charge in [-0.15, -0.1) is 0 Å². The van der Waals surface area contributed by atoms with Crippen LogP contribution in [0.2, 0.25) is 0 Å². The van der Waals surface area contributed by atoms with Crippen molar-refractivity contribution in [2.45, 2.75) is 13.0 Å². The van der Waals surface area contributed by atoms with E-state index in [1.807, 2.05) is 0 Å². The van der Waals surface area contributed by atoms with Gasteiger partial charge in [0.1, 0.15) is 5.75 Å². The van der Waals surface area contributed by atoms with Crippen LogP contribution >= 0.6 is 0 Å². The summed E-state index contributed by atoms with van der Waals surface area (Å²) in [5.74, 6) is -0.667. The van der Waals surface area contributed by atoms with Gasteiger partial charge in [-0.05, 0) is 19.1 Å². The molecule has 1 atom stereocenters. The molecule has 14 heavy (non-hydrogen) atoms. The van der Waals surface area contributed by atoms with Gasteiger partial charge in [-0.25, -0.2) is 4.98 Å². The number of pyridine rings is 1. The number of nitrogens with one attached hydrogen (secondary N) is 1. The lowest BCUT2D eigenvalue weighted by Crippen LogP contribution is -2.35. The van der Waals surface area contributed by atoms with Gasteiger partial charge < -0.3 is 15.5 Å². The number of carbonyl (C=O) groups excluding carboxylic acids is 1. The van der Waals surface area contributed by atoms with Gasteiger partial charge in [-0.1, -0.05) is 0 Å². The molecular formula is C9H12N2O3. The predicted molar refractivity (Wildman–Crippen MR) is 49.9 cm³/mol. The minimum Gasteiger partial charge on any atom is -0.505 e. The molecule has 0 bridgehead atoms. The second-order valence-corrected chi connectivity index (χ2v) is 2.93.